The van der Waals surface area contributed by atoms with E-state index in [-0.39, 0.29) is 11.4 Å². The molecule has 1 amide bonds. The number of rotatable bonds is 2. The van der Waals surface area contributed by atoms with Gasteiger partial charge < -0.3 is 5.32 Å². The molecule has 1 aromatic carbocycles. The molecule has 0 radical (unpaired) electrons. The average molecular weight is 261 g/mol. The monoisotopic (exact) mass is 260 g/mol. The molecule has 0 bridgehead atoms. The van der Waals surface area contributed by atoms with Crippen LogP contribution in [0.15, 0.2) is 30.5 Å². The molecule has 2 aromatic rings. The molecule has 0 atom stereocenters. The number of hydrogen-bond donors (Lipinski definition) is 1. The van der Waals surface area contributed by atoms with Gasteiger partial charge in [-0.15, -0.1) is 0 Å². The van der Waals surface area contributed by atoms with E-state index in [1.54, 1.807) is 6.20 Å². The maximum Gasteiger partial charge on any atom is 0.253 e. The number of pyridine rings is 1. The first kappa shape index (κ1) is 11.5. The van der Waals surface area contributed by atoms with Gasteiger partial charge in [-0.1, -0.05) is 35.9 Å². The summed E-state index contributed by atoms with van der Waals surface area (Å²) in [5, 5.41) is 5.13. The summed E-state index contributed by atoms with van der Waals surface area (Å²) in [6, 6.07) is 7.56. The SMILES string of the molecule is CC1(NC(=O)c2cnc(Cl)c3ccccc23)CC1. The van der Waals surface area contributed by atoms with Crippen LogP contribution in [0.1, 0.15) is 30.1 Å². The van der Waals surface area contributed by atoms with E-state index in [0.29, 0.717) is 10.7 Å². The van der Waals surface area contributed by atoms with Crippen LogP contribution in [-0.4, -0.2) is 16.4 Å². The highest BCUT2D eigenvalue weighted by atomic mass is 35.5. The fourth-order valence-electron chi connectivity index (χ4n) is 1.99. The number of halogens is 1. The smallest absolute Gasteiger partial charge is 0.253 e. The summed E-state index contributed by atoms with van der Waals surface area (Å²) >= 11 is 6.04. The van der Waals surface area contributed by atoms with Crippen LogP contribution >= 0.6 is 11.6 Å². The quantitative estimate of drug-likeness (QED) is 0.843. The minimum absolute atomic E-state index is 0.0299. The van der Waals surface area contributed by atoms with Crippen LogP contribution in [0.25, 0.3) is 10.8 Å². The van der Waals surface area contributed by atoms with Crippen molar-refractivity contribution in [3.63, 3.8) is 0 Å². The van der Waals surface area contributed by atoms with Crippen LogP contribution < -0.4 is 5.32 Å². The summed E-state index contributed by atoms with van der Waals surface area (Å²) in [5.74, 6) is -0.0737. The average Bonchev–Trinajstić information content (AvgIpc) is 3.07. The lowest BCUT2D eigenvalue weighted by atomic mass is 10.1. The summed E-state index contributed by atoms with van der Waals surface area (Å²) in [6.45, 7) is 2.05. The van der Waals surface area contributed by atoms with Gasteiger partial charge in [-0.3, -0.25) is 4.79 Å². The molecule has 0 spiro atoms. The second-order valence-electron chi connectivity index (χ2n) is 5.02. The zero-order valence-corrected chi connectivity index (χ0v) is 10.8. The van der Waals surface area contributed by atoms with Crippen LogP contribution in [-0.2, 0) is 0 Å². The number of nitrogens with one attached hydrogen (secondary N) is 1. The van der Waals surface area contributed by atoms with E-state index in [1.807, 2.05) is 24.3 Å². The molecule has 1 aliphatic rings. The number of aromatic nitrogens is 1. The van der Waals surface area contributed by atoms with Crippen molar-refractivity contribution in [3.8, 4) is 0 Å². The molecule has 1 saturated carbocycles. The van der Waals surface area contributed by atoms with Gasteiger partial charge in [-0.05, 0) is 25.2 Å². The number of fused-ring (bicyclic) bond motifs is 1. The largest absolute Gasteiger partial charge is 0.347 e. The van der Waals surface area contributed by atoms with Crippen molar-refractivity contribution in [2.75, 3.05) is 0 Å². The Morgan fingerprint density at radius 1 is 1.33 bits per heavy atom. The van der Waals surface area contributed by atoms with Crippen molar-refractivity contribution in [2.45, 2.75) is 25.3 Å². The van der Waals surface area contributed by atoms with Gasteiger partial charge in [-0.2, -0.15) is 0 Å². The first-order valence-corrected chi connectivity index (χ1v) is 6.33. The first-order chi connectivity index (χ1) is 8.59. The molecule has 4 heteroatoms. The second kappa shape index (κ2) is 3.95. The van der Waals surface area contributed by atoms with Crippen LogP contribution in [0.4, 0.5) is 0 Å². The molecule has 0 aliphatic heterocycles. The molecule has 1 fully saturated rings. The lowest BCUT2D eigenvalue weighted by Gasteiger charge is -2.13. The molecule has 1 heterocycles. The summed E-state index contributed by atoms with van der Waals surface area (Å²) in [7, 11) is 0. The summed E-state index contributed by atoms with van der Waals surface area (Å²) in [5.41, 5.74) is 0.556. The molecular formula is C14H13ClN2O. The highest BCUT2D eigenvalue weighted by molar-refractivity contribution is 6.34. The number of nitrogens with zero attached hydrogens (tertiary/aromatic N) is 1. The molecular weight excluding hydrogens is 248 g/mol. The molecule has 0 saturated heterocycles. The molecule has 0 unspecified atom stereocenters. The Labute approximate surface area is 110 Å². The summed E-state index contributed by atoms with van der Waals surface area (Å²) in [6.07, 6.45) is 3.63. The second-order valence-corrected chi connectivity index (χ2v) is 5.38. The highest BCUT2D eigenvalue weighted by Crippen LogP contribution is 2.35. The molecule has 1 N–H and O–H groups in total. The van der Waals surface area contributed by atoms with Crippen molar-refractivity contribution >= 4 is 28.3 Å². The standard InChI is InChI=1S/C14H13ClN2O/c1-14(6-7-14)17-13(18)11-8-16-12(15)10-5-3-2-4-9(10)11/h2-5,8H,6-7H2,1H3,(H,17,18). The van der Waals surface area contributed by atoms with E-state index in [4.69, 9.17) is 11.6 Å². The van der Waals surface area contributed by atoms with Gasteiger partial charge in [0, 0.05) is 17.1 Å². The number of carbonyl (C=O) groups is 1. The third-order valence-electron chi connectivity index (χ3n) is 3.41. The third kappa shape index (κ3) is 1.95. The number of amides is 1. The number of carbonyl (C=O) groups excluding carboxylic acids is 1. The van der Waals surface area contributed by atoms with Gasteiger partial charge >= 0.3 is 0 Å². The maximum absolute atomic E-state index is 12.2. The van der Waals surface area contributed by atoms with Gasteiger partial charge in [0.25, 0.3) is 5.91 Å². The number of benzene rings is 1. The Hall–Kier alpha value is -1.61. The molecule has 18 heavy (non-hydrogen) atoms. The zero-order valence-electron chi connectivity index (χ0n) is 10.0. The molecule has 1 aromatic heterocycles. The first-order valence-electron chi connectivity index (χ1n) is 5.95. The molecule has 92 valence electrons. The fourth-order valence-corrected chi connectivity index (χ4v) is 2.21. The van der Waals surface area contributed by atoms with Gasteiger partial charge in [0.15, 0.2) is 0 Å². The van der Waals surface area contributed by atoms with Gasteiger partial charge in [-0.25, -0.2) is 4.98 Å². The topological polar surface area (TPSA) is 42.0 Å². The van der Waals surface area contributed by atoms with Gasteiger partial charge in [0.2, 0.25) is 0 Å². The maximum atomic E-state index is 12.2. The van der Waals surface area contributed by atoms with Crippen molar-refractivity contribution in [1.82, 2.24) is 10.3 Å². The molecule has 3 rings (SSSR count). The zero-order chi connectivity index (χ0) is 12.8. The van der Waals surface area contributed by atoms with E-state index >= 15 is 0 Å². The van der Waals surface area contributed by atoms with E-state index in [9.17, 15) is 4.79 Å². The minimum Gasteiger partial charge on any atom is -0.347 e. The molecule has 3 nitrogen and oxygen atoms in total. The van der Waals surface area contributed by atoms with Crippen LogP contribution in [0, 0.1) is 0 Å². The van der Waals surface area contributed by atoms with E-state index in [2.05, 4.69) is 17.2 Å². The van der Waals surface area contributed by atoms with Crippen LogP contribution in [0.2, 0.25) is 5.15 Å². The lowest BCUT2D eigenvalue weighted by molar-refractivity contribution is 0.0937. The van der Waals surface area contributed by atoms with Crippen molar-refractivity contribution in [1.29, 1.82) is 0 Å². The highest BCUT2D eigenvalue weighted by Gasteiger charge is 2.39. The Kier molecular flexibility index (Phi) is 2.52. The van der Waals surface area contributed by atoms with Gasteiger partial charge in [0.1, 0.15) is 5.15 Å². The molecule has 1 aliphatic carbocycles. The van der Waals surface area contributed by atoms with E-state index in [0.717, 1.165) is 23.6 Å². The van der Waals surface area contributed by atoms with E-state index < -0.39 is 0 Å². The van der Waals surface area contributed by atoms with Crippen LogP contribution in [0.3, 0.4) is 0 Å². The third-order valence-corrected chi connectivity index (χ3v) is 3.71. The predicted molar refractivity (Wildman–Crippen MR) is 71.9 cm³/mol. The lowest BCUT2D eigenvalue weighted by Crippen LogP contribution is -2.34. The normalized spacial score (nSPS) is 16.6. The minimum atomic E-state index is -0.0737. The Bertz CT molecular complexity index is 635. The van der Waals surface area contributed by atoms with Crippen molar-refractivity contribution < 1.29 is 4.79 Å². The Balaban J connectivity index is 2.06. The fraction of sp³-hybridized carbons (Fsp3) is 0.286. The Morgan fingerprint density at radius 3 is 2.67 bits per heavy atom. The van der Waals surface area contributed by atoms with Crippen molar-refractivity contribution in [2.24, 2.45) is 0 Å². The van der Waals surface area contributed by atoms with E-state index in [1.165, 1.54) is 0 Å². The van der Waals surface area contributed by atoms with Crippen LogP contribution in [0.5, 0.6) is 0 Å². The van der Waals surface area contributed by atoms with Crippen molar-refractivity contribution in [3.05, 3.63) is 41.2 Å². The predicted octanol–water partition coefficient (Wildman–Crippen LogP) is 3.17. The Morgan fingerprint density at radius 2 is 2.00 bits per heavy atom. The summed E-state index contributed by atoms with van der Waals surface area (Å²) in [4.78, 5) is 16.3. The number of hydrogen-bond acceptors (Lipinski definition) is 2. The summed E-state index contributed by atoms with van der Waals surface area (Å²) < 4.78 is 0. The van der Waals surface area contributed by atoms with Gasteiger partial charge in [0.05, 0.1) is 5.56 Å².